The lowest BCUT2D eigenvalue weighted by atomic mass is 9.88. The number of carboxylic acid groups (broad SMARTS) is 1. The number of fused-ring (bicyclic) bond motifs is 4. The number of Topliss-reactive ketones (excluding diaryl/α,β-unsaturated/α-hetero) is 1. The fourth-order valence-corrected chi connectivity index (χ4v) is 5.83. The zero-order valence-corrected chi connectivity index (χ0v) is 18.4. The summed E-state index contributed by atoms with van der Waals surface area (Å²) in [6.45, 7) is 0.144. The van der Waals surface area contributed by atoms with Crippen LogP contribution in [0.15, 0.2) is 54.7 Å². The van der Waals surface area contributed by atoms with Crippen molar-refractivity contribution in [2.24, 2.45) is 11.8 Å². The number of benzene rings is 2. The Bertz CT molecular complexity index is 1380. The van der Waals surface area contributed by atoms with E-state index in [4.69, 9.17) is 4.74 Å². The number of alkyl halides is 3. The third kappa shape index (κ3) is 3.59. The van der Waals surface area contributed by atoms with E-state index in [1.807, 2.05) is 6.07 Å². The van der Waals surface area contributed by atoms with Crippen molar-refractivity contribution in [3.63, 3.8) is 0 Å². The second-order valence-electron chi connectivity index (χ2n) is 9.45. The van der Waals surface area contributed by atoms with Crippen LogP contribution in [0.3, 0.4) is 0 Å². The van der Waals surface area contributed by atoms with Crippen LogP contribution in [0.4, 0.5) is 13.2 Å². The van der Waals surface area contributed by atoms with E-state index in [0.717, 1.165) is 22.8 Å². The number of halogens is 3. The number of ether oxygens (including phenoxy) is 1. The average Bonchev–Trinajstić information content (AvgIpc) is 3.27. The summed E-state index contributed by atoms with van der Waals surface area (Å²) >= 11 is 0. The molecular weight excluding hydrogens is 459 g/mol. The molecular formula is C27H20F3NO4. The van der Waals surface area contributed by atoms with Gasteiger partial charge >= 0.3 is 12.1 Å². The highest BCUT2D eigenvalue weighted by Crippen LogP contribution is 2.61. The molecule has 0 radical (unpaired) electrons. The molecule has 2 aromatic carbocycles. The van der Waals surface area contributed by atoms with E-state index in [1.165, 1.54) is 12.1 Å². The molecule has 0 saturated heterocycles. The van der Waals surface area contributed by atoms with Gasteiger partial charge in [-0.3, -0.25) is 9.59 Å². The van der Waals surface area contributed by atoms with Gasteiger partial charge in [-0.05, 0) is 46.2 Å². The molecule has 1 unspecified atom stereocenters. The van der Waals surface area contributed by atoms with Gasteiger partial charge in [0.1, 0.15) is 6.61 Å². The van der Waals surface area contributed by atoms with Crippen LogP contribution in [0.1, 0.15) is 62.0 Å². The molecule has 1 saturated carbocycles. The van der Waals surface area contributed by atoms with Crippen LogP contribution in [0, 0.1) is 11.8 Å². The largest absolute Gasteiger partial charge is 0.481 e. The monoisotopic (exact) mass is 479 g/mol. The molecule has 4 atom stereocenters. The van der Waals surface area contributed by atoms with Crippen molar-refractivity contribution in [3.8, 4) is 5.88 Å². The lowest BCUT2D eigenvalue weighted by Gasteiger charge is -2.18. The first-order valence-electron chi connectivity index (χ1n) is 11.4. The smallest absolute Gasteiger partial charge is 0.416 e. The summed E-state index contributed by atoms with van der Waals surface area (Å²) in [6.07, 6.45) is -2.13. The molecule has 0 bridgehead atoms. The summed E-state index contributed by atoms with van der Waals surface area (Å²) in [5, 5.41) is 9.26. The van der Waals surface area contributed by atoms with E-state index in [2.05, 4.69) is 4.98 Å². The first kappa shape index (κ1) is 21.8. The van der Waals surface area contributed by atoms with Gasteiger partial charge in [-0.2, -0.15) is 13.2 Å². The van der Waals surface area contributed by atoms with Crippen molar-refractivity contribution in [2.45, 2.75) is 37.5 Å². The Hall–Kier alpha value is -3.68. The Morgan fingerprint density at radius 1 is 1.06 bits per heavy atom. The molecule has 6 rings (SSSR count). The zero-order valence-electron chi connectivity index (χ0n) is 18.4. The predicted octanol–water partition coefficient (Wildman–Crippen LogP) is 5.37. The lowest BCUT2D eigenvalue weighted by Crippen LogP contribution is -2.12. The van der Waals surface area contributed by atoms with Crippen LogP contribution in [-0.4, -0.2) is 21.8 Å². The third-order valence-electron chi connectivity index (χ3n) is 7.48. The molecule has 1 heterocycles. The molecule has 1 fully saturated rings. The molecule has 35 heavy (non-hydrogen) atoms. The molecule has 178 valence electrons. The van der Waals surface area contributed by atoms with E-state index in [9.17, 15) is 27.9 Å². The maximum atomic E-state index is 13.6. The number of carboxylic acids is 1. The van der Waals surface area contributed by atoms with E-state index in [0.29, 0.717) is 23.4 Å². The Morgan fingerprint density at radius 2 is 1.86 bits per heavy atom. The van der Waals surface area contributed by atoms with Gasteiger partial charge in [-0.15, -0.1) is 0 Å². The fraction of sp³-hybridized carbons (Fsp3) is 0.296. The zero-order chi connectivity index (χ0) is 24.5. The molecule has 0 spiro atoms. The fourth-order valence-electron chi connectivity index (χ4n) is 5.83. The maximum Gasteiger partial charge on any atom is 0.416 e. The van der Waals surface area contributed by atoms with Crippen LogP contribution < -0.4 is 4.74 Å². The van der Waals surface area contributed by atoms with Crippen LogP contribution in [-0.2, 0) is 24.0 Å². The van der Waals surface area contributed by atoms with Crippen molar-refractivity contribution in [2.75, 3.05) is 0 Å². The van der Waals surface area contributed by atoms with Crippen LogP contribution in [0.2, 0.25) is 0 Å². The van der Waals surface area contributed by atoms with Gasteiger partial charge in [0.2, 0.25) is 5.88 Å². The van der Waals surface area contributed by atoms with E-state index >= 15 is 0 Å². The van der Waals surface area contributed by atoms with Gasteiger partial charge in [0, 0.05) is 36.1 Å². The Kier molecular flexibility index (Phi) is 4.78. The number of nitrogens with zero attached hydrogens (tertiary/aromatic N) is 1. The van der Waals surface area contributed by atoms with E-state index in [-0.39, 0.29) is 42.1 Å². The minimum atomic E-state index is -4.51. The molecule has 1 aromatic heterocycles. The number of hydrogen-bond donors (Lipinski definition) is 1. The highest BCUT2D eigenvalue weighted by molar-refractivity contribution is 6.02. The number of carbonyl (C=O) groups is 2. The average molecular weight is 479 g/mol. The number of ketones is 1. The molecule has 3 aliphatic carbocycles. The number of pyridine rings is 1. The second-order valence-corrected chi connectivity index (χ2v) is 9.45. The summed E-state index contributed by atoms with van der Waals surface area (Å²) in [5.41, 5.74) is 3.14. The summed E-state index contributed by atoms with van der Waals surface area (Å²) in [7, 11) is 0. The molecule has 3 aromatic rings. The van der Waals surface area contributed by atoms with Crippen molar-refractivity contribution >= 4 is 11.8 Å². The van der Waals surface area contributed by atoms with Gasteiger partial charge in [0.05, 0.1) is 11.5 Å². The highest BCUT2D eigenvalue weighted by Gasteiger charge is 2.60. The highest BCUT2D eigenvalue weighted by atomic mass is 19.4. The minimum absolute atomic E-state index is 0.00121. The molecule has 3 aliphatic rings. The summed E-state index contributed by atoms with van der Waals surface area (Å²) in [4.78, 5) is 28.1. The normalized spacial score (nSPS) is 24.0. The minimum Gasteiger partial charge on any atom is -0.481 e. The van der Waals surface area contributed by atoms with Crippen LogP contribution in [0.25, 0.3) is 0 Å². The SMILES string of the molecule is O=C1CC(c2ccccc2C(F)(F)F)c2cc(COc3cc4c(cn3)[C@H]3[C@@H](C4)[C@@H]3C(=O)O)ccc21. The van der Waals surface area contributed by atoms with Crippen molar-refractivity contribution in [3.05, 3.63) is 93.7 Å². The maximum absolute atomic E-state index is 13.6. The first-order valence-corrected chi connectivity index (χ1v) is 11.4. The van der Waals surface area contributed by atoms with E-state index < -0.39 is 23.6 Å². The topological polar surface area (TPSA) is 76.5 Å². The van der Waals surface area contributed by atoms with E-state index in [1.54, 1.807) is 30.5 Å². The van der Waals surface area contributed by atoms with Gasteiger partial charge in [0.25, 0.3) is 0 Å². The Labute approximate surface area is 198 Å². The molecule has 0 aliphatic heterocycles. The lowest BCUT2D eigenvalue weighted by molar-refractivity contribution is -0.139. The molecule has 1 N–H and O–H groups in total. The number of carbonyl (C=O) groups excluding carboxylic acids is 1. The Balaban J connectivity index is 1.23. The van der Waals surface area contributed by atoms with Gasteiger partial charge in [-0.25, -0.2) is 4.98 Å². The first-order chi connectivity index (χ1) is 16.7. The van der Waals surface area contributed by atoms with Crippen molar-refractivity contribution in [1.29, 1.82) is 0 Å². The standard InChI is InChI=1S/C27H20F3NO4/c28-27(29,30)21-4-2-1-3-15(21)18-10-22(32)16-6-5-13(7-17(16)18)12-35-23-9-14-8-19-24(20(14)11-31-23)25(19)26(33)34/h1-7,9,11,18-19,24-25H,8,10,12H2,(H,33,34)/t18?,19-,24-,25+/m1/s1. The molecule has 8 heteroatoms. The Morgan fingerprint density at radius 3 is 2.63 bits per heavy atom. The number of rotatable bonds is 5. The summed E-state index contributed by atoms with van der Waals surface area (Å²) in [6, 6.07) is 12.4. The van der Waals surface area contributed by atoms with Gasteiger partial charge in [0.15, 0.2) is 5.78 Å². The number of aromatic nitrogens is 1. The van der Waals surface area contributed by atoms with Crippen LogP contribution in [0.5, 0.6) is 5.88 Å². The quantitative estimate of drug-likeness (QED) is 0.533. The van der Waals surface area contributed by atoms with Crippen LogP contribution >= 0.6 is 0 Å². The summed E-state index contributed by atoms with van der Waals surface area (Å²) in [5.74, 6) is -1.35. The summed E-state index contributed by atoms with van der Waals surface area (Å²) < 4.78 is 46.7. The van der Waals surface area contributed by atoms with Crippen molar-refractivity contribution < 1.29 is 32.6 Å². The van der Waals surface area contributed by atoms with Gasteiger partial charge in [-0.1, -0.05) is 36.4 Å². The second kappa shape index (κ2) is 7.66. The van der Waals surface area contributed by atoms with Crippen molar-refractivity contribution in [1.82, 2.24) is 4.98 Å². The molecule has 0 amide bonds. The number of aliphatic carboxylic acids is 1. The number of hydrogen-bond acceptors (Lipinski definition) is 4. The third-order valence-corrected chi connectivity index (χ3v) is 7.48. The predicted molar refractivity (Wildman–Crippen MR) is 118 cm³/mol. The molecule has 5 nitrogen and oxygen atoms in total. The van der Waals surface area contributed by atoms with Gasteiger partial charge < -0.3 is 9.84 Å².